The molecule has 1 aliphatic carbocycles. The van der Waals surface area contributed by atoms with Crippen molar-refractivity contribution >= 4 is 11.8 Å². The molecule has 0 aromatic rings. The van der Waals surface area contributed by atoms with Crippen LogP contribution >= 0.6 is 0 Å². The van der Waals surface area contributed by atoms with E-state index in [2.05, 4.69) is 5.32 Å². The van der Waals surface area contributed by atoms with Crippen LogP contribution in [0.25, 0.3) is 0 Å². The summed E-state index contributed by atoms with van der Waals surface area (Å²) in [5, 5.41) is 12.7. The molecule has 0 aromatic heterocycles. The predicted molar refractivity (Wildman–Crippen MR) is 66.8 cm³/mol. The quantitative estimate of drug-likeness (QED) is 0.743. The van der Waals surface area contributed by atoms with Crippen LogP contribution in [0.5, 0.6) is 0 Å². The Morgan fingerprint density at radius 1 is 1.39 bits per heavy atom. The third-order valence-corrected chi connectivity index (χ3v) is 4.31. The highest BCUT2D eigenvalue weighted by Gasteiger charge is 2.45. The molecule has 102 valence electrons. The predicted octanol–water partition coefficient (Wildman–Crippen LogP) is 0.276. The molecule has 5 heteroatoms. The van der Waals surface area contributed by atoms with E-state index in [1.54, 1.807) is 4.90 Å². The van der Waals surface area contributed by atoms with Crippen molar-refractivity contribution in [3.63, 3.8) is 0 Å². The molecule has 0 bridgehead atoms. The molecule has 1 aliphatic heterocycles. The van der Waals surface area contributed by atoms with E-state index in [0.717, 1.165) is 38.6 Å². The van der Waals surface area contributed by atoms with Crippen LogP contribution in [0, 0.1) is 5.41 Å². The number of nitrogens with one attached hydrogen (secondary N) is 1. The number of amides is 2. The highest BCUT2D eigenvalue weighted by molar-refractivity contribution is 5.83. The first-order valence-electron chi connectivity index (χ1n) is 6.74. The zero-order valence-corrected chi connectivity index (χ0v) is 10.9. The molecule has 2 atom stereocenters. The fourth-order valence-corrected chi connectivity index (χ4v) is 3.28. The fraction of sp³-hybridized carbons (Fsp3) is 0.846. The van der Waals surface area contributed by atoms with Crippen molar-refractivity contribution < 1.29 is 14.7 Å². The van der Waals surface area contributed by atoms with Gasteiger partial charge in [-0.15, -0.1) is 0 Å². The second-order valence-electron chi connectivity index (χ2n) is 5.60. The highest BCUT2D eigenvalue weighted by Crippen LogP contribution is 2.44. The van der Waals surface area contributed by atoms with E-state index in [4.69, 9.17) is 0 Å². The van der Waals surface area contributed by atoms with Crippen molar-refractivity contribution in [3.05, 3.63) is 0 Å². The van der Waals surface area contributed by atoms with Crippen molar-refractivity contribution in [1.29, 1.82) is 0 Å². The van der Waals surface area contributed by atoms with E-state index < -0.39 is 0 Å². The first kappa shape index (κ1) is 13.3. The molecule has 1 spiro atoms. The van der Waals surface area contributed by atoms with Gasteiger partial charge in [0.05, 0.1) is 12.6 Å². The summed E-state index contributed by atoms with van der Waals surface area (Å²) in [6.07, 6.45) is 4.61. The lowest BCUT2D eigenvalue weighted by atomic mass is 9.76. The van der Waals surface area contributed by atoms with Crippen LogP contribution in [-0.2, 0) is 9.59 Å². The van der Waals surface area contributed by atoms with Crippen molar-refractivity contribution in [2.75, 3.05) is 19.6 Å². The first-order chi connectivity index (χ1) is 8.53. The number of hydrogen-bond acceptors (Lipinski definition) is 3. The number of nitrogens with zero attached hydrogens (tertiary/aromatic N) is 1. The van der Waals surface area contributed by atoms with Gasteiger partial charge in [-0.25, -0.2) is 0 Å². The minimum atomic E-state index is -0.270. The average molecular weight is 254 g/mol. The molecule has 1 saturated heterocycles. The van der Waals surface area contributed by atoms with Gasteiger partial charge in [-0.2, -0.15) is 0 Å². The molecule has 5 nitrogen and oxygen atoms in total. The molecule has 0 aromatic carbocycles. The lowest BCUT2D eigenvalue weighted by molar-refractivity contribution is -0.137. The second-order valence-corrected chi connectivity index (χ2v) is 5.60. The summed E-state index contributed by atoms with van der Waals surface area (Å²) in [6, 6.07) is 0. The maximum absolute atomic E-state index is 12.0. The standard InChI is InChI=1S/C13H22N2O3/c1-10(16)14-8-12(18)15-7-3-6-13(9-15)5-2-4-11(13)17/h11,17H,2-9H2,1H3,(H,14,16)/t11-,13-/m1/s1. The molecule has 2 fully saturated rings. The number of likely N-dealkylation sites (tertiary alicyclic amines) is 1. The maximum atomic E-state index is 12.0. The maximum Gasteiger partial charge on any atom is 0.241 e. The Bertz CT molecular complexity index is 345. The Balaban J connectivity index is 1.94. The Hall–Kier alpha value is -1.10. The number of carbonyl (C=O) groups is 2. The summed E-state index contributed by atoms with van der Waals surface area (Å²) >= 11 is 0. The molecule has 1 heterocycles. The number of aliphatic hydroxyl groups excluding tert-OH is 1. The molecule has 0 unspecified atom stereocenters. The molecule has 0 radical (unpaired) electrons. The third-order valence-electron chi connectivity index (χ3n) is 4.31. The summed E-state index contributed by atoms with van der Waals surface area (Å²) in [5.41, 5.74) is -0.0792. The van der Waals surface area contributed by atoms with E-state index in [9.17, 15) is 14.7 Å². The van der Waals surface area contributed by atoms with Gasteiger partial charge in [0.15, 0.2) is 0 Å². The van der Waals surface area contributed by atoms with Gasteiger partial charge < -0.3 is 15.3 Å². The van der Waals surface area contributed by atoms with E-state index in [1.165, 1.54) is 6.92 Å². The average Bonchev–Trinajstić information content (AvgIpc) is 2.68. The summed E-state index contributed by atoms with van der Waals surface area (Å²) in [4.78, 5) is 24.6. The highest BCUT2D eigenvalue weighted by atomic mass is 16.3. The smallest absolute Gasteiger partial charge is 0.241 e. The van der Waals surface area contributed by atoms with Crippen LogP contribution in [-0.4, -0.2) is 47.6 Å². The Morgan fingerprint density at radius 3 is 2.72 bits per heavy atom. The normalized spacial score (nSPS) is 31.7. The SMILES string of the molecule is CC(=O)NCC(=O)N1CCC[C@]2(CCC[C@H]2O)C1. The number of aliphatic hydroxyl groups is 1. The van der Waals surface area contributed by atoms with Crippen molar-refractivity contribution in [1.82, 2.24) is 10.2 Å². The van der Waals surface area contributed by atoms with Crippen LogP contribution < -0.4 is 5.32 Å². The monoisotopic (exact) mass is 254 g/mol. The number of hydrogen-bond donors (Lipinski definition) is 2. The molecule has 2 aliphatic rings. The van der Waals surface area contributed by atoms with Crippen molar-refractivity contribution in [3.8, 4) is 0 Å². The largest absolute Gasteiger partial charge is 0.392 e. The lowest BCUT2D eigenvalue weighted by Crippen LogP contribution is -2.51. The topological polar surface area (TPSA) is 69.6 Å². The van der Waals surface area contributed by atoms with E-state index in [1.807, 2.05) is 0 Å². The van der Waals surface area contributed by atoms with Gasteiger partial charge in [0.2, 0.25) is 11.8 Å². The first-order valence-corrected chi connectivity index (χ1v) is 6.74. The van der Waals surface area contributed by atoms with Crippen molar-refractivity contribution in [2.45, 2.75) is 45.1 Å². The van der Waals surface area contributed by atoms with Gasteiger partial charge in [-0.3, -0.25) is 9.59 Å². The van der Waals surface area contributed by atoms with Crippen LogP contribution in [0.4, 0.5) is 0 Å². The van der Waals surface area contributed by atoms with E-state index in [-0.39, 0.29) is 29.9 Å². The summed E-state index contributed by atoms with van der Waals surface area (Å²) in [5.74, 6) is -0.223. The number of piperidine rings is 1. The van der Waals surface area contributed by atoms with Gasteiger partial charge in [-0.05, 0) is 25.7 Å². The molecule has 2 amide bonds. The molecular formula is C13H22N2O3. The molecular weight excluding hydrogens is 232 g/mol. The summed E-state index contributed by atoms with van der Waals surface area (Å²) in [7, 11) is 0. The molecule has 2 rings (SSSR count). The second kappa shape index (κ2) is 5.26. The zero-order valence-electron chi connectivity index (χ0n) is 10.9. The molecule has 18 heavy (non-hydrogen) atoms. The third kappa shape index (κ3) is 2.66. The molecule has 1 saturated carbocycles. The van der Waals surface area contributed by atoms with Gasteiger partial charge in [0.1, 0.15) is 0 Å². The number of carbonyl (C=O) groups excluding carboxylic acids is 2. The van der Waals surface area contributed by atoms with Crippen LogP contribution in [0.2, 0.25) is 0 Å². The lowest BCUT2D eigenvalue weighted by Gasteiger charge is -2.42. The van der Waals surface area contributed by atoms with E-state index in [0.29, 0.717) is 6.54 Å². The minimum absolute atomic E-state index is 0.0385. The summed E-state index contributed by atoms with van der Waals surface area (Å²) in [6.45, 7) is 2.87. The zero-order chi connectivity index (χ0) is 13.2. The Morgan fingerprint density at radius 2 is 2.11 bits per heavy atom. The van der Waals surface area contributed by atoms with E-state index >= 15 is 0 Å². The Labute approximate surface area is 108 Å². The van der Waals surface area contributed by atoms with Crippen LogP contribution in [0.15, 0.2) is 0 Å². The van der Waals surface area contributed by atoms with Gasteiger partial charge in [0.25, 0.3) is 0 Å². The number of rotatable bonds is 2. The fourth-order valence-electron chi connectivity index (χ4n) is 3.28. The van der Waals surface area contributed by atoms with Gasteiger partial charge >= 0.3 is 0 Å². The van der Waals surface area contributed by atoms with Crippen LogP contribution in [0.3, 0.4) is 0 Å². The Kier molecular flexibility index (Phi) is 3.90. The molecule has 2 N–H and O–H groups in total. The minimum Gasteiger partial charge on any atom is -0.392 e. The van der Waals surface area contributed by atoms with Gasteiger partial charge in [0, 0.05) is 25.4 Å². The van der Waals surface area contributed by atoms with Gasteiger partial charge in [-0.1, -0.05) is 6.42 Å². The summed E-state index contributed by atoms with van der Waals surface area (Å²) < 4.78 is 0. The van der Waals surface area contributed by atoms with Crippen molar-refractivity contribution in [2.24, 2.45) is 5.41 Å². The van der Waals surface area contributed by atoms with Crippen LogP contribution in [0.1, 0.15) is 39.0 Å².